The molecule has 1 aromatic heterocycles. The molecule has 1 saturated heterocycles. The number of halogens is 3. The molecule has 1 aliphatic heterocycles. The second-order valence-corrected chi connectivity index (χ2v) is 9.04. The van der Waals surface area contributed by atoms with Gasteiger partial charge in [-0.05, 0) is 53.8 Å². The van der Waals surface area contributed by atoms with Gasteiger partial charge in [-0.1, -0.05) is 48.5 Å². The maximum atomic E-state index is 13.0. The molecule has 31 heavy (non-hydrogen) atoms. The van der Waals surface area contributed by atoms with Crippen LogP contribution < -0.4 is 5.32 Å². The number of nitrogens with zero attached hydrogens (tertiary/aromatic N) is 1. The number of nitrogens with one attached hydrogen (secondary N) is 1. The molecule has 164 valence electrons. The number of hydrogen-bond donors (Lipinski definition) is 1. The average molecular weight is 447 g/mol. The van der Waals surface area contributed by atoms with E-state index in [1.54, 1.807) is 11.3 Å². The zero-order valence-corrected chi connectivity index (χ0v) is 18.0. The van der Waals surface area contributed by atoms with Gasteiger partial charge >= 0.3 is 12.1 Å². The van der Waals surface area contributed by atoms with Crippen LogP contribution in [0.25, 0.3) is 10.1 Å². The van der Waals surface area contributed by atoms with Gasteiger partial charge in [-0.15, -0.1) is 11.3 Å². The molecule has 4 rings (SSSR count). The standard InChI is InChI=1S/C24H25F3N2OS/c1-16(21-15-31-22-10-6-5-9-19(21)22)28-13-18-11-12-29(23(30)24(25,26)27)14-20(18)17-7-3-2-4-8-17/h2-10,15-16,18,20,28H,11-14H2,1H3/t16-,18?,20?/m1/s1. The third kappa shape index (κ3) is 4.77. The van der Waals surface area contributed by atoms with E-state index in [9.17, 15) is 18.0 Å². The SMILES string of the molecule is C[C@@H](NCC1CCN(C(=O)C(F)(F)F)CC1c1ccccc1)c1csc2ccccc12. The van der Waals surface area contributed by atoms with Crippen molar-refractivity contribution < 1.29 is 18.0 Å². The van der Waals surface area contributed by atoms with Crippen molar-refractivity contribution in [2.45, 2.75) is 31.5 Å². The summed E-state index contributed by atoms with van der Waals surface area (Å²) < 4.78 is 40.2. The molecule has 0 bridgehead atoms. The molecule has 0 radical (unpaired) electrons. The molecule has 3 atom stereocenters. The van der Waals surface area contributed by atoms with Crippen molar-refractivity contribution in [1.82, 2.24) is 10.2 Å². The zero-order valence-electron chi connectivity index (χ0n) is 17.2. The Morgan fingerprint density at radius 3 is 2.61 bits per heavy atom. The summed E-state index contributed by atoms with van der Waals surface area (Å²) in [5.41, 5.74) is 2.21. The largest absolute Gasteiger partial charge is 0.471 e. The lowest BCUT2D eigenvalue weighted by Gasteiger charge is -2.39. The molecule has 0 spiro atoms. The Kier molecular flexibility index (Phi) is 6.34. The predicted molar refractivity (Wildman–Crippen MR) is 118 cm³/mol. The van der Waals surface area contributed by atoms with Crippen LogP contribution in [0.3, 0.4) is 0 Å². The number of carbonyl (C=O) groups is 1. The first-order valence-corrected chi connectivity index (χ1v) is 11.3. The quantitative estimate of drug-likeness (QED) is 0.542. The number of fused-ring (bicyclic) bond motifs is 1. The molecule has 2 aromatic carbocycles. The molecule has 2 unspecified atom stereocenters. The fourth-order valence-corrected chi connectivity index (χ4v) is 5.51. The first kappa shape index (κ1) is 21.8. The molecule has 1 fully saturated rings. The zero-order chi connectivity index (χ0) is 22.0. The summed E-state index contributed by atoms with van der Waals surface area (Å²) in [4.78, 5) is 12.8. The number of benzene rings is 2. The van der Waals surface area contributed by atoms with Gasteiger partial charge < -0.3 is 10.2 Å². The minimum absolute atomic E-state index is 0.0878. The molecule has 0 saturated carbocycles. The van der Waals surface area contributed by atoms with Gasteiger partial charge in [0, 0.05) is 29.7 Å². The number of likely N-dealkylation sites (tertiary alicyclic amines) is 1. The lowest BCUT2D eigenvalue weighted by molar-refractivity contribution is -0.187. The molecule has 1 N–H and O–H groups in total. The van der Waals surface area contributed by atoms with Gasteiger partial charge in [-0.3, -0.25) is 4.79 Å². The highest BCUT2D eigenvalue weighted by Crippen LogP contribution is 2.35. The summed E-state index contributed by atoms with van der Waals surface area (Å²) in [7, 11) is 0. The van der Waals surface area contributed by atoms with E-state index in [4.69, 9.17) is 0 Å². The van der Waals surface area contributed by atoms with Crippen molar-refractivity contribution >= 4 is 27.3 Å². The van der Waals surface area contributed by atoms with Gasteiger partial charge in [-0.25, -0.2) is 0 Å². The van der Waals surface area contributed by atoms with Crippen molar-refractivity contribution in [1.29, 1.82) is 0 Å². The Morgan fingerprint density at radius 1 is 1.16 bits per heavy atom. The summed E-state index contributed by atoms with van der Waals surface area (Å²) >= 11 is 1.72. The lowest BCUT2D eigenvalue weighted by atomic mass is 9.80. The molecule has 7 heteroatoms. The highest BCUT2D eigenvalue weighted by Gasteiger charge is 2.45. The molecule has 1 aliphatic rings. The van der Waals surface area contributed by atoms with E-state index >= 15 is 0 Å². The molecular weight excluding hydrogens is 421 g/mol. The van der Waals surface area contributed by atoms with Crippen molar-refractivity contribution in [2.75, 3.05) is 19.6 Å². The van der Waals surface area contributed by atoms with Crippen molar-refractivity contribution in [3.05, 3.63) is 71.1 Å². The van der Waals surface area contributed by atoms with Gasteiger partial charge in [-0.2, -0.15) is 13.2 Å². The van der Waals surface area contributed by atoms with Crippen LogP contribution in [0.5, 0.6) is 0 Å². The summed E-state index contributed by atoms with van der Waals surface area (Å²) in [6.07, 6.45) is -4.30. The van der Waals surface area contributed by atoms with E-state index in [-0.39, 0.29) is 31.0 Å². The summed E-state index contributed by atoms with van der Waals surface area (Å²) in [6, 6.07) is 18.0. The van der Waals surface area contributed by atoms with Gasteiger partial charge in [0.1, 0.15) is 0 Å². The number of amides is 1. The van der Waals surface area contributed by atoms with Gasteiger partial charge in [0.25, 0.3) is 0 Å². The molecule has 0 aliphatic carbocycles. The maximum absolute atomic E-state index is 13.0. The first-order chi connectivity index (χ1) is 14.8. The minimum Gasteiger partial charge on any atom is -0.334 e. The van der Waals surface area contributed by atoms with Crippen molar-refractivity contribution in [3.8, 4) is 0 Å². The van der Waals surface area contributed by atoms with E-state index in [0.717, 1.165) is 10.5 Å². The number of alkyl halides is 3. The Bertz CT molecular complexity index is 1030. The van der Waals surface area contributed by atoms with Crippen LogP contribution in [-0.2, 0) is 4.79 Å². The Labute approximate surface area is 183 Å². The Hall–Kier alpha value is -2.38. The molecule has 2 heterocycles. The molecule has 1 amide bonds. The van der Waals surface area contributed by atoms with E-state index in [1.165, 1.54) is 15.6 Å². The van der Waals surface area contributed by atoms with Crippen molar-refractivity contribution in [2.24, 2.45) is 5.92 Å². The molecule has 3 aromatic rings. The van der Waals surface area contributed by atoms with Gasteiger partial charge in [0.15, 0.2) is 0 Å². The first-order valence-electron chi connectivity index (χ1n) is 10.4. The average Bonchev–Trinajstić information content (AvgIpc) is 3.21. The van der Waals surface area contributed by atoms with Crippen LogP contribution in [0, 0.1) is 5.92 Å². The highest BCUT2D eigenvalue weighted by molar-refractivity contribution is 7.17. The van der Waals surface area contributed by atoms with Crippen LogP contribution in [0.2, 0.25) is 0 Å². The van der Waals surface area contributed by atoms with Gasteiger partial charge in [0.2, 0.25) is 0 Å². The summed E-state index contributed by atoms with van der Waals surface area (Å²) in [5.74, 6) is -1.73. The second kappa shape index (κ2) is 9.01. The number of thiophene rings is 1. The van der Waals surface area contributed by atoms with E-state index in [2.05, 4.69) is 29.8 Å². The van der Waals surface area contributed by atoms with Crippen LogP contribution in [0.1, 0.15) is 36.4 Å². The number of rotatable bonds is 5. The maximum Gasteiger partial charge on any atom is 0.471 e. The third-order valence-electron chi connectivity index (χ3n) is 6.18. The number of carbonyl (C=O) groups excluding carboxylic acids is 1. The summed E-state index contributed by atoms with van der Waals surface area (Å²) in [6.45, 7) is 3.02. The number of hydrogen-bond acceptors (Lipinski definition) is 3. The molecular formula is C24H25F3N2OS. The van der Waals surface area contributed by atoms with Crippen LogP contribution >= 0.6 is 11.3 Å². The van der Waals surface area contributed by atoms with Crippen LogP contribution in [0.4, 0.5) is 13.2 Å². The fourth-order valence-electron chi connectivity index (χ4n) is 4.46. The van der Waals surface area contributed by atoms with E-state index in [1.807, 2.05) is 42.5 Å². The fraction of sp³-hybridized carbons (Fsp3) is 0.375. The normalized spacial score (nSPS) is 20.7. The van der Waals surface area contributed by atoms with Crippen LogP contribution in [-0.4, -0.2) is 36.6 Å². The highest BCUT2D eigenvalue weighted by atomic mass is 32.1. The van der Waals surface area contributed by atoms with E-state index < -0.39 is 12.1 Å². The summed E-state index contributed by atoms with van der Waals surface area (Å²) in [5, 5.41) is 7.00. The smallest absolute Gasteiger partial charge is 0.334 e. The minimum atomic E-state index is -4.83. The number of piperidine rings is 1. The van der Waals surface area contributed by atoms with Crippen LogP contribution in [0.15, 0.2) is 60.0 Å². The Balaban J connectivity index is 1.49. The lowest BCUT2D eigenvalue weighted by Crippen LogP contribution is -2.49. The monoisotopic (exact) mass is 446 g/mol. The Morgan fingerprint density at radius 2 is 1.87 bits per heavy atom. The van der Waals surface area contributed by atoms with Gasteiger partial charge in [0.05, 0.1) is 0 Å². The topological polar surface area (TPSA) is 32.3 Å². The second-order valence-electron chi connectivity index (χ2n) is 8.13. The predicted octanol–water partition coefficient (Wildman–Crippen LogP) is 5.75. The third-order valence-corrected chi connectivity index (χ3v) is 7.16. The molecule has 3 nitrogen and oxygen atoms in total. The van der Waals surface area contributed by atoms with Crippen molar-refractivity contribution in [3.63, 3.8) is 0 Å². The van der Waals surface area contributed by atoms with E-state index in [0.29, 0.717) is 13.0 Å².